The molecule has 0 radical (unpaired) electrons. The van der Waals surface area contributed by atoms with E-state index in [0.29, 0.717) is 25.7 Å². The highest BCUT2D eigenvalue weighted by molar-refractivity contribution is 5.98. The molecular formula is C22H34O11. The Morgan fingerprint density at radius 1 is 0.394 bits per heavy atom. The number of hydrogen-bond acceptors (Lipinski definition) is 11. The van der Waals surface area contributed by atoms with Gasteiger partial charge in [0, 0.05) is 0 Å². The molecule has 0 spiro atoms. The lowest BCUT2D eigenvalue weighted by Crippen LogP contribution is -2.37. The van der Waals surface area contributed by atoms with Crippen LogP contribution in [0, 0.1) is 0 Å². The van der Waals surface area contributed by atoms with Gasteiger partial charge in [0.1, 0.15) is 0 Å². The molecule has 11 heteroatoms. The number of cyclic esters (lactones) is 4. The van der Waals surface area contributed by atoms with Crippen molar-refractivity contribution in [3.8, 4) is 0 Å². The van der Waals surface area contributed by atoms with Crippen LogP contribution in [0.1, 0.15) is 51.4 Å². The summed E-state index contributed by atoms with van der Waals surface area (Å²) < 4.78 is 36.9. The quantitative estimate of drug-likeness (QED) is 0.216. The van der Waals surface area contributed by atoms with Gasteiger partial charge in [0.05, 0.1) is 52.9 Å². The third kappa shape index (κ3) is 11.0. The highest BCUT2D eigenvalue weighted by Crippen LogP contribution is 2.09. The number of ether oxygens (including phenoxy) is 7. The van der Waals surface area contributed by atoms with Crippen LogP contribution in [0.15, 0.2) is 0 Å². The molecule has 2 rings (SSSR count). The molecule has 2 saturated heterocycles. The molecule has 0 aromatic carbocycles. The van der Waals surface area contributed by atoms with Crippen LogP contribution in [0.2, 0.25) is 0 Å². The Balaban J connectivity index is 2.09. The molecule has 33 heavy (non-hydrogen) atoms. The fraction of sp³-hybridized carbons (Fsp3) is 0.818. The third-order valence-corrected chi connectivity index (χ3v) is 4.94. The van der Waals surface area contributed by atoms with Crippen LogP contribution in [0.4, 0.5) is 0 Å². The number of esters is 4. The van der Waals surface area contributed by atoms with E-state index in [1.807, 2.05) is 0 Å². The van der Waals surface area contributed by atoms with Crippen LogP contribution in [0.25, 0.3) is 0 Å². The monoisotopic (exact) mass is 474 g/mol. The molecule has 2 aliphatic heterocycles. The van der Waals surface area contributed by atoms with E-state index in [4.69, 9.17) is 33.2 Å². The van der Waals surface area contributed by atoms with Crippen molar-refractivity contribution < 1.29 is 52.3 Å². The Morgan fingerprint density at radius 3 is 1.00 bits per heavy atom. The molecule has 0 amide bonds. The molecular weight excluding hydrogens is 440 g/mol. The minimum atomic E-state index is -1.48. The lowest BCUT2D eigenvalue weighted by atomic mass is 10.2. The molecule has 0 atom stereocenters. The van der Waals surface area contributed by atoms with Gasteiger partial charge in [0.2, 0.25) is 0 Å². The molecule has 2 bridgehead atoms. The molecule has 11 nitrogen and oxygen atoms in total. The zero-order chi connectivity index (χ0) is 23.7. The van der Waals surface area contributed by atoms with Crippen LogP contribution in [0.5, 0.6) is 0 Å². The predicted molar refractivity (Wildman–Crippen MR) is 111 cm³/mol. The Bertz CT molecular complexity index is 525. The summed E-state index contributed by atoms with van der Waals surface area (Å²) in [4.78, 5) is 49.5. The molecule has 0 N–H and O–H groups in total. The van der Waals surface area contributed by atoms with Crippen molar-refractivity contribution in [2.75, 3.05) is 52.9 Å². The SMILES string of the molecule is O=C1OCCCCCCOC(=O)C2OCCOCCOC1C(=O)OCCCCCCOC2=O. The van der Waals surface area contributed by atoms with Gasteiger partial charge in [0.25, 0.3) is 12.2 Å². The molecule has 0 aromatic heterocycles. The lowest BCUT2D eigenvalue weighted by Gasteiger charge is -2.16. The van der Waals surface area contributed by atoms with Crippen LogP contribution in [-0.4, -0.2) is 88.9 Å². The summed E-state index contributed by atoms with van der Waals surface area (Å²) in [5.41, 5.74) is 0. The molecule has 0 unspecified atom stereocenters. The molecule has 2 aliphatic rings. The van der Waals surface area contributed by atoms with Gasteiger partial charge in [0.15, 0.2) is 0 Å². The van der Waals surface area contributed by atoms with E-state index in [1.165, 1.54) is 0 Å². The summed E-state index contributed by atoms with van der Waals surface area (Å²) >= 11 is 0. The average Bonchev–Trinajstić information content (AvgIpc) is 2.80. The number of carbonyl (C=O) groups excluding carboxylic acids is 4. The summed E-state index contributed by atoms with van der Waals surface area (Å²) in [6, 6.07) is 0. The molecule has 188 valence electrons. The topological polar surface area (TPSA) is 133 Å². The van der Waals surface area contributed by atoms with Gasteiger partial charge in [-0.3, -0.25) is 0 Å². The highest BCUT2D eigenvalue weighted by Gasteiger charge is 2.32. The van der Waals surface area contributed by atoms with E-state index in [-0.39, 0.29) is 52.9 Å². The van der Waals surface area contributed by atoms with Gasteiger partial charge in [-0.05, 0) is 51.4 Å². The smallest absolute Gasteiger partial charge is 0.347 e. The largest absolute Gasteiger partial charge is 0.463 e. The molecule has 2 fully saturated rings. The first-order chi connectivity index (χ1) is 16.1. The fourth-order valence-corrected chi connectivity index (χ4v) is 3.13. The zero-order valence-electron chi connectivity index (χ0n) is 19.0. The van der Waals surface area contributed by atoms with Crippen molar-refractivity contribution in [3.63, 3.8) is 0 Å². The second-order valence-corrected chi connectivity index (χ2v) is 7.61. The van der Waals surface area contributed by atoms with Crippen molar-refractivity contribution in [2.45, 2.75) is 63.6 Å². The zero-order valence-corrected chi connectivity index (χ0v) is 19.0. The van der Waals surface area contributed by atoms with Gasteiger partial charge in [-0.25, -0.2) is 19.2 Å². The normalized spacial score (nSPS) is 26.9. The van der Waals surface area contributed by atoms with E-state index in [1.54, 1.807) is 0 Å². The lowest BCUT2D eigenvalue weighted by molar-refractivity contribution is -0.175. The maximum Gasteiger partial charge on any atom is 0.347 e. The fourth-order valence-electron chi connectivity index (χ4n) is 3.13. The average molecular weight is 475 g/mol. The maximum atomic E-state index is 12.4. The maximum absolute atomic E-state index is 12.4. The molecule has 0 aromatic rings. The predicted octanol–water partition coefficient (Wildman–Crippen LogP) is 1.09. The highest BCUT2D eigenvalue weighted by atomic mass is 16.6. The van der Waals surface area contributed by atoms with Gasteiger partial charge in [-0.2, -0.15) is 0 Å². The van der Waals surface area contributed by atoms with Crippen LogP contribution < -0.4 is 0 Å². The van der Waals surface area contributed by atoms with E-state index < -0.39 is 36.1 Å². The van der Waals surface area contributed by atoms with Gasteiger partial charge >= 0.3 is 23.9 Å². The van der Waals surface area contributed by atoms with Gasteiger partial charge < -0.3 is 33.2 Å². The van der Waals surface area contributed by atoms with Crippen molar-refractivity contribution >= 4 is 23.9 Å². The van der Waals surface area contributed by atoms with E-state index >= 15 is 0 Å². The van der Waals surface area contributed by atoms with Crippen LogP contribution >= 0.6 is 0 Å². The van der Waals surface area contributed by atoms with Crippen molar-refractivity contribution in [3.05, 3.63) is 0 Å². The number of carbonyl (C=O) groups is 4. The summed E-state index contributed by atoms with van der Waals surface area (Å²) in [6.07, 6.45) is 2.21. The third-order valence-electron chi connectivity index (χ3n) is 4.94. The van der Waals surface area contributed by atoms with E-state index in [9.17, 15) is 19.2 Å². The summed E-state index contributed by atoms with van der Waals surface area (Å²) in [7, 11) is 0. The Morgan fingerprint density at radius 2 is 0.697 bits per heavy atom. The summed E-state index contributed by atoms with van der Waals surface area (Å²) in [6.45, 7) is 0.465. The van der Waals surface area contributed by atoms with Crippen molar-refractivity contribution in [2.24, 2.45) is 0 Å². The second-order valence-electron chi connectivity index (χ2n) is 7.61. The Hall–Kier alpha value is -2.24. The summed E-state index contributed by atoms with van der Waals surface area (Å²) in [5.74, 6) is -3.17. The van der Waals surface area contributed by atoms with E-state index in [0.717, 1.165) is 25.7 Å². The number of hydrogen-bond donors (Lipinski definition) is 0. The number of rotatable bonds is 0. The second kappa shape index (κ2) is 16.4. The van der Waals surface area contributed by atoms with Crippen LogP contribution in [0.3, 0.4) is 0 Å². The first kappa shape index (κ1) is 27.0. The van der Waals surface area contributed by atoms with Gasteiger partial charge in [-0.1, -0.05) is 0 Å². The number of fused-ring (bicyclic) bond motifs is 8. The first-order valence-corrected chi connectivity index (χ1v) is 11.6. The minimum absolute atomic E-state index is 0.0416. The Kier molecular flexibility index (Phi) is 13.4. The molecule has 2 heterocycles. The van der Waals surface area contributed by atoms with Gasteiger partial charge in [-0.15, -0.1) is 0 Å². The molecule has 0 aliphatic carbocycles. The molecule has 0 saturated carbocycles. The van der Waals surface area contributed by atoms with Crippen LogP contribution in [-0.2, 0) is 52.3 Å². The van der Waals surface area contributed by atoms with Crippen molar-refractivity contribution in [1.29, 1.82) is 0 Å². The van der Waals surface area contributed by atoms with Crippen molar-refractivity contribution in [1.82, 2.24) is 0 Å². The minimum Gasteiger partial charge on any atom is -0.463 e. The Labute approximate surface area is 193 Å². The first-order valence-electron chi connectivity index (χ1n) is 11.6. The summed E-state index contributed by atoms with van der Waals surface area (Å²) in [5, 5.41) is 0. The van der Waals surface area contributed by atoms with E-state index in [2.05, 4.69) is 0 Å². The standard InChI is InChI=1S/C22H34O11/c23-19-17-21(25)32-11-7-3-4-8-12-33-22(26)18(29-16-14-27-13-15-28-17)20(24)31-10-6-2-1-5-9-30-19/h17-18H,1-16H2.